The van der Waals surface area contributed by atoms with Crippen LogP contribution in [0.15, 0.2) is 232 Å². The van der Waals surface area contributed by atoms with Gasteiger partial charge in [-0.15, -0.1) is 24.8 Å². The molecule has 6 aromatic heterocycles. The van der Waals surface area contributed by atoms with Crippen molar-refractivity contribution in [2.45, 2.75) is 19.9 Å². The number of hydrogen-bond acceptors (Lipinski definition) is 20. The Bertz CT molecular complexity index is 5930. The monoisotopic (exact) mass is 1950 g/mol. The summed E-state index contributed by atoms with van der Waals surface area (Å²) >= 11 is 20.0. The number of Topliss-reactive ketones (excluding diaryl/α,β-unsaturated/α-hetero) is 1. The van der Waals surface area contributed by atoms with E-state index in [1.54, 1.807) is 170 Å². The van der Waals surface area contributed by atoms with Crippen LogP contribution in [-0.4, -0.2) is 136 Å². The molecule has 0 saturated heterocycles. The summed E-state index contributed by atoms with van der Waals surface area (Å²) in [5, 5.41) is 35.7. The number of pyridine rings is 6. The number of carboxylic acids is 1. The first kappa shape index (κ1) is 99.8. The third-order valence-corrected chi connectivity index (χ3v) is 19.3. The number of esters is 2. The number of benzene rings is 7. The number of aromatic amines is 1. The molecule has 0 spiro atoms. The molecule has 0 bridgehead atoms. The first-order valence-electron chi connectivity index (χ1n) is 33.4. The third-order valence-electron chi connectivity index (χ3n) is 16.4. The van der Waals surface area contributed by atoms with E-state index < -0.39 is 25.0 Å². The topological polar surface area (TPSA) is 350 Å². The van der Waals surface area contributed by atoms with Gasteiger partial charge < -0.3 is 72.6 Å². The molecule has 115 heavy (non-hydrogen) atoms. The molecule has 1 radical (unpaired) electrons. The van der Waals surface area contributed by atoms with Crippen LogP contribution in [0.3, 0.4) is 0 Å². The molecule has 13 rings (SSSR count). The fourth-order valence-electron chi connectivity index (χ4n) is 10.7. The van der Waals surface area contributed by atoms with Gasteiger partial charge in [-0.25, -0.2) is 14.4 Å². The molecule has 0 aliphatic carbocycles. The van der Waals surface area contributed by atoms with Gasteiger partial charge >= 0.3 is 49.8 Å². The Balaban J connectivity index is 0.000000344. The molecular weight excluding hydrogens is 1870 g/mol. The second-order valence-electron chi connectivity index (χ2n) is 24.2. The minimum atomic E-state index is -1.54. The second-order valence-corrected chi connectivity index (χ2v) is 28.8. The van der Waals surface area contributed by atoms with Crippen molar-refractivity contribution >= 4 is 226 Å². The number of ketones is 1. The zero-order valence-electron chi connectivity index (χ0n) is 64.2. The molecule has 26 nitrogen and oxygen atoms in total. The van der Waals surface area contributed by atoms with E-state index >= 15 is 0 Å². The molecule has 36 heteroatoms. The Morgan fingerprint density at radius 3 is 1.22 bits per heavy atom. The SMILES string of the molecule is CCC(=O)c1ccc2c(=O)n(C)cc(Br)c2c1.CN.COC(=O)c1ccc2c(=O)n(C)cc(Br)c2c1.COC(=O)c1ccc2c(=O)n(C)ccc2c1.COc1cc(B(O)O)cc(OC)c1CN(C)C.Cl.Cl.Cn1cc(Br)c2cc(C(=O)O)ccc2c1=O.Cn1ccc2cc(Br)ccc2c1=O.O=c1[nH]ccc2cc(Br)ccc12.[B]=NS. The van der Waals surface area contributed by atoms with Crippen LogP contribution in [0.2, 0.25) is 0 Å². The van der Waals surface area contributed by atoms with Crippen LogP contribution in [0.4, 0.5) is 0 Å². The third kappa shape index (κ3) is 26.8. The van der Waals surface area contributed by atoms with Crippen LogP contribution in [0.25, 0.3) is 64.6 Å². The van der Waals surface area contributed by atoms with Gasteiger partial charge in [0.05, 0.1) is 50.7 Å². The van der Waals surface area contributed by atoms with Crippen molar-refractivity contribution in [3.63, 3.8) is 0 Å². The summed E-state index contributed by atoms with van der Waals surface area (Å²) in [6.07, 6.45) is 10.6. The van der Waals surface area contributed by atoms with Crippen LogP contribution in [0.5, 0.6) is 11.5 Å². The number of aryl methyl sites for hydroxylation is 5. The van der Waals surface area contributed by atoms with Crippen LogP contribution in [0, 0.1) is 0 Å². The van der Waals surface area contributed by atoms with Crippen molar-refractivity contribution in [1.82, 2.24) is 32.7 Å². The van der Waals surface area contributed by atoms with E-state index in [9.17, 15) is 58.0 Å². The number of H-pyrrole nitrogens is 1. The van der Waals surface area contributed by atoms with Crippen molar-refractivity contribution < 1.29 is 53.3 Å². The van der Waals surface area contributed by atoms with Crippen LogP contribution in [0.1, 0.15) is 60.3 Å². The van der Waals surface area contributed by atoms with E-state index in [-0.39, 0.29) is 69.5 Å². The van der Waals surface area contributed by atoms with Crippen molar-refractivity contribution in [3.05, 3.63) is 289 Å². The van der Waals surface area contributed by atoms with Crippen LogP contribution in [-0.2, 0) is 51.3 Å². The average Bonchev–Trinajstić information content (AvgIpc) is 0.814. The normalized spacial score (nSPS) is 10.1. The number of carbonyl (C=O) groups is 4. The number of nitrogens with zero attached hydrogens (tertiary/aromatic N) is 7. The number of halogens is 7. The molecule has 6 heterocycles. The number of ether oxygens (including phenoxy) is 4. The van der Waals surface area contributed by atoms with Crippen molar-refractivity contribution in [2.75, 3.05) is 49.6 Å². The van der Waals surface area contributed by atoms with Gasteiger partial charge in [0, 0.05) is 162 Å². The number of carboxylic acid groups (broad SMARTS) is 1. The van der Waals surface area contributed by atoms with Gasteiger partial charge in [-0.3, -0.25) is 33.6 Å². The summed E-state index contributed by atoms with van der Waals surface area (Å²) in [5.41, 5.74) is 7.05. The molecule has 7 aromatic carbocycles. The minimum absolute atomic E-state index is 0. The number of aromatic carboxylic acids is 1. The number of rotatable bonds is 10. The summed E-state index contributed by atoms with van der Waals surface area (Å²) < 4.78 is 34.3. The predicted molar refractivity (Wildman–Crippen MR) is 482 cm³/mol. The van der Waals surface area contributed by atoms with Gasteiger partial charge in [-0.05, 0) is 224 Å². The molecule has 0 aliphatic rings. The Hall–Kier alpha value is -9.42. The Kier molecular flexibility index (Phi) is 41.3. The van der Waals surface area contributed by atoms with Gasteiger partial charge in [0.15, 0.2) is 5.78 Å². The number of fused-ring (bicyclic) bond motifs is 6. The Morgan fingerprint density at radius 2 is 0.835 bits per heavy atom. The fraction of sp³-hybridized carbons (Fsp3) is 0.190. The summed E-state index contributed by atoms with van der Waals surface area (Å²) in [5.74, 6) is -0.571. The number of nitrogens with two attached hydrogens (primary N) is 1. The fourth-order valence-corrected chi connectivity index (χ4v) is 13.4. The van der Waals surface area contributed by atoms with Gasteiger partial charge in [-0.2, -0.15) is 0 Å². The zero-order chi connectivity index (χ0) is 84.4. The zero-order valence-corrected chi connectivity index (χ0v) is 74.7. The number of aromatic nitrogens is 6. The van der Waals surface area contributed by atoms with E-state index in [4.69, 9.17) is 14.6 Å². The van der Waals surface area contributed by atoms with Crippen molar-refractivity contribution in [2.24, 2.45) is 45.3 Å². The van der Waals surface area contributed by atoms with Gasteiger partial charge in [0.1, 0.15) is 11.5 Å². The van der Waals surface area contributed by atoms with E-state index in [2.05, 4.69) is 125 Å². The average molecular weight is 1950 g/mol. The van der Waals surface area contributed by atoms with E-state index in [1.807, 2.05) is 68.4 Å². The summed E-state index contributed by atoms with van der Waals surface area (Å²) in [7, 11) is 22.4. The second kappa shape index (κ2) is 47.6. The van der Waals surface area contributed by atoms with Crippen LogP contribution < -0.4 is 54.0 Å². The van der Waals surface area contributed by atoms with Gasteiger partial charge in [0.2, 0.25) is 0 Å². The molecule has 0 unspecified atom stereocenters. The summed E-state index contributed by atoms with van der Waals surface area (Å²) in [6.45, 7) is 2.47. The summed E-state index contributed by atoms with van der Waals surface area (Å²) in [4.78, 5) is 120. The number of carbonyl (C=O) groups excluding carboxylic acids is 3. The molecule has 0 saturated carbocycles. The molecule has 6 N–H and O–H groups in total. The first-order valence-corrected chi connectivity index (χ1v) is 37.7. The van der Waals surface area contributed by atoms with E-state index in [0.29, 0.717) is 83.4 Å². The number of thiol groups is 1. The Labute approximate surface area is 721 Å². The molecule has 13 aromatic rings. The van der Waals surface area contributed by atoms with Gasteiger partial charge in [0.25, 0.3) is 33.4 Å². The van der Waals surface area contributed by atoms with Crippen molar-refractivity contribution in [1.29, 1.82) is 0 Å². The van der Waals surface area contributed by atoms with E-state index in [0.717, 1.165) is 55.8 Å². The van der Waals surface area contributed by atoms with Gasteiger partial charge in [-0.1, -0.05) is 44.8 Å². The molecule has 605 valence electrons. The molecule has 0 atom stereocenters. The molecular formula is C79H81B2Br5Cl2N9O17S. The Morgan fingerprint density at radius 1 is 0.496 bits per heavy atom. The quantitative estimate of drug-likeness (QED) is 0.0320. The molecule has 0 fully saturated rings. The van der Waals surface area contributed by atoms with Crippen LogP contribution >= 0.6 is 117 Å². The molecule has 0 aliphatic heterocycles. The maximum absolute atomic E-state index is 11.9. The summed E-state index contributed by atoms with van der Waals surface area (Å²) in [6, 6.07) is 39.5. The number of hydrogen-bond donors (Lipinski definition) is 6. The van der Waals surface area contributed by atoms with Crippen molar-refractivity contribution in [3.8, 4) is 11.5 Å². The number of methoxy groups -OCH3 is 4. The molecule has 0 amide bonds. The predicted octanol–water partition coefficient (Wildman–Crippen LogP) is 12.9. The van der Waals surface area contributed by atoms with E-state index in [1.165, 1.54) is 57.7 Å². The first-order chi connectivity index (χ1) is 53.6. The number of nitrogens with one attached hydrogen (secondary N) is 1. The maximum atomic E-state index is 11.9. The standard InChI is InChI=1S/C13H12BrNO2.C12H10BrNO3.C12H11NO3.C11H18BNO4.C11H8BrNO3.C10H8BrNO.C9H6BrNO.CH5N.BHNS.2ClH/c1-3-12(16)8-4-5-9-10(6-8)11(14)7-15(2)13(9)17;1-14-6-10(13)9-5-7(12(16)17-2)3-4-8(9)11(14)15;1-13-6-5-8-7-9(12(15)16-2)3-4-10(8)11(13)14;1-13(2)7-9-10(16-3)5-8(12(14)15)6-11(9)17-4;1-13-5-9(12)8-4-6(11(15)16)2-3-7(8)10(13)14;1-12-5-4-7-6-8(11)2-3-9(7)10(12)13;10-7-1-2-8-6(5-7)3-4-11-9(8)12;1-2;1-2-3;;/h4-7H,3H2,1-2H3;3-6H,1-2H3;3-7H,1-2H3;5-6,14-15H,7H2,1-4H3;2-5H,1H3,(H,15,16);2-6H,1H3;1-5H,(H,11,12);2H2,1H3;3H;2*1H.